The Morgan fingerprint density at radius 3 is 2.79 bits per heavy atom. The van der Waals surface area contributed by atoms with Crippen LogP contribution in [0.15, 0.2) is 6.20 Å². The second-order valence-electron chi connectivity index (χ2n) is 4.26. The van der Waals surface area contributed by atoms with Crippen molar-refractivity contribution in [1.82, 2.24) is 15.0 Å². The van der Waals surface area contributed by atoms with Gasteiger partial charge in [0.1, 0.15) is 0 Å². The van der Waals surface area contributed by atoms with Gasteiger partial charge in [-0.05, 0) is 19.4 Å². The second-order valence-corrected chi connectivity index (χ2v) is 4.26. The van der Waals surface area contributed by atoms with Crippen LogP contribution in [0.4, 0.5) is 0 Å². The van der Waals surface area contributed by atoms with Crippen LogP contribution in [0.1, 0.15) is 39.3 Å². The lowest BCUT2D eigenvalue weighted by molar-refractivity contribution is 0.425. The third-order valence-corrected chi connectivity index (χ3v) is 2.52. The maximum Gasteiger partial charge on any atom is 0.0730 e. The van der Waals surface area contributed by atoms with E-state index < -0.39 is 0 Å². The highest BCUT2D eigenvalue weighted by Gasteiger charge is 2.24. The molecular formula is C10H20N4. The van der Waals surface area contributed by atoms with E-state index in [0.29, 0.717) is 6.54 Å². The van der Waals surface area contributed by atoms with Gasteiger partial charge in [-0.25, -0.2) is 4.68 Å². The molecule has 0 bridgehead atoms. The molecule has 0 aromatic carbocycles. The first-order valence-electron chi connectivity index (χ1n) is 5.21. The van der Waals surface area contributed by atoms with Crippen LogP contribution >= 0.6 is 0 Å². The molecule has 4 heteroatoms. The lowest BCUT2D eigenvalue weighted by atomic mass is 9.86. The van der Waals surface area contributed by atoms with Crippen LogP contribution in [-0.2, 0) is 12.0 Å². The highest BCUT2D eigenvalue weighted by atomic mass is 15.4. The maximum absolute atomic E-state index is 5.59. The van der Waals surface area contributed by atoms with Crippen molar-refractivity contribution >= 4 is 0 Å². The molecule has 0 unspecified atom stereocenters. The molecule has 0 saturated heterocycles. The SMILES string of the molecule is CCCn1nncc1C(C)(C)CCN. The van der Waals surface area contributed by atoms with Crippen LogP contribution in [0.5, 0.6) is 0 Å². The minimum atomic E-state index is 0.0768. The zero-order valence-electron chi connectivity index (χ0n) is 9.32. The van der Waals surface area contributed by atoms with Crippen LogP contribution in [-0.4, -0.2) is 21.5 Å². The van der Waals surface area contributed by atoms with Gasteiger partial charge in [-0.15, -0.1) is 5.10 Å². The number of nitrogens with two attached hydrogens (primary N) is 1. The van der Waals surface area contributed by atoms with E-state index in [2.05, 4.69) is 31.1 Å². The largest absolute Gasteiger partial charge is 0.330 e. The van der Waals surface area contributed by atoms with E-state index in [1.807, 2.05) is 10.9 Å². The van der Waals surface area contributed by atoms with Gasteiger partial charge in [-0.2, -0.15) is 0 Å². The molecule has 0 aliphatic carbocycles. The first-order chi connectivity index (χ1) is 6.61. The Morgan fingerprint density at radius 1 is 1.50 bits per heavy atom. The van der Waals surface area contributed by atoms with Crippen molar-refractivity contribution in [2.45, 2.75) is 45.6 Å². The Balaban J connectivity index is 2.87. The number of aromatic nitrogens is 3. The number of aryl methyl sites for hydroxylation is 1. The number of nitrogens with zero attached hydrogens (tertiary/aromatic N) is 3. The standard InChI is InChI=1S/C10H20N4/c1-4-7-14-9(8-12-13-14)10(2,3)5-6-11/h8H,4-7,11H2,1-3H3. The molecule has 0 aliphatic rings. The van der Waals surface area contributed by atoms with Crippen molar-refractivity contribution in [3.8, 4) is 0 Å². The Kier molecular flexibility index (Phi) is 3.63. The van der Waals surface area contributed by atoms with Crippen LogP contribution < -0.4 is 5.73 Å². The predicted molar refractivity (Wildman–Crippen MR) is 57.0 cm³/mol. The highest BCUT2D eigenvalue weighted by Crippen LogP contribution is 2.25. The summed E-state index contributed by atoms with van der Waals surface area (Å²) in [4.78, 5) is 0. The van der Waals surface area contributed by atoms with Crippen molar-refractivity contribution < 1.29 is 0 Å². The van der Waals surface area contributed by atoms with Gasteiger partial charge in [-0.1, -0.05) is 26.0 Å². The molecule has 0 radical (unpaired) electrons. The van der Waals surface area contributed by atoms with Crippen molar-refractivity contribution in [2.75, 3.05) is 6.54 Å². The van der Waals surface area contributed by atoms with Crippen LogP contribution in [0.3, 0.4) is 0 Å². The molecule has 0 atom stereocenters. The van der Waals surface area contributed by atoms with Crippen LogP contribution in [0.25, 0.3) is 0 Å². The molecule has 80 valence electrons. The minimum Gasteiger partial charge on any atom is -0.330 e. The Morgan fingerprint density at radius 2 is 2.21 bits per heavy atom. The molecule has 0 saturated carbocycles. The number of hydrogen-bond acceptors (Lipinski definition) is 3. The fraction of sp³-hybridized carbons (Fsp3) is 0.800. The van der Waals surface area contributed by atoms with Gasteiger partial charge in [-0.3, -0.25) is 0 Å². The fourth-order valence-electron chi connectivity index (χ4n) is 1.65. The first kappa shape index (κ1) is 11.2. The van der Waals surface area contributed by atoms with E-state index in [9.17, 15) is 0 Å². The van der Waals surface area contributed by atoms with E-state index in [-0.39, 0.29) is 5.41 Å². The van der Waals surface area contributed by atoms with Gasteiger partial charge >= 0.3 is 0 Å². The van der Waals surface area contributed by atoms with Gasteiger partial charge < -0.3 is 5.73 Å². The third-order valence-electron chi connectivity index (χ3n) is 2.52. The van der Waals surface area contributed by atoms with Crippen molar-refractivity contribution in [1.29, 1.82) is 0 Å². The van der Waals surface area contributed by atoms with E-state index >= 15 is 0 Å². The fourth-order valence-corrected chi connectivity index (χ4v) is 1.65. The Labute approximate surface area is 85.5 Å². The van der Waals surface area contributed by atoms with Crippen LogP contribution in [0.2, 0.25) is 0 Å². The molecule has 4 nitrogen and oxygen atoms in total. The van der Waals surface area contributed by atoms with Gasteiger partial charge in [0.25, 0.3) is 0 Å². The second kappa shape index (κ2) is 4.55. The molecule has 2 N–H and O–H groups in total. The molecule has 0 fully saturated rings. The van der Waals surface area contributed by atoms with E-state index in [1.165, 1.54) is 5.69 Å². The topological polar surface area (TPSA) is 56.7 Å². The van der Waals surface area contributed by atoms with Gasteiger partial charge in [0, 0.05) is 12.0 Å². The summed E-state index contributed by atoms with van der Waals surface area (Å²) in [6.45, 7) is 8.14. The summed E-state index contributed by atoms with van der Waals surface area (Å²) in [5.74, 6) is 0. The van der Waals surface area contributed by atoms with Gasteiger partial charge in [0.2, 0.25) is 0 Å². The summed E-state index contributed by atoms with van der Waals surface area (Å²) in [5.41, 5.74) is 6.86. The maximum atomic E-state index is 5.59. The lowest BCUT2D eigenvalue weighted by Gasteiger charge is -2.24. The lowest BCUT2D eigenvalue weighted by Crippen LogP contribution is -2.25. The zero-order valence-corrected chi connectivity index (χ0v) is 9.32. The third kappa shape index (κ3) is 2.32. The first-order valence-corrected chi connectivity index (χ1v) is 5.21. The summed E-state index contributed by atoms with van der Waals surface area (Å²) < 4.78 is 1.98. The summed E-state index contributed by atoms with van der Waals surface area (Å²) in [5, 5.41) is 8.04. The minimum absolute atomic E-state index is 0.0768. The molecule has 0 aliphatic heterocycles. The van der Waals surface area contributed by atoms with E-state index in [4.69, 9.17) is 5.73 Å². The average Bonchev–Trinajstić information content (AvgIpc) is 2.53. The quantitative estimate of drug-likeness (QED) is 0.772. The average molecular weight is 196 g/mol. The summed E-state index contributed by atoms with van der Waals surface area (Å²) in [6, 6.07) is 0. The molecule has 14 heavy (non-hydrogen) atoms. The van der Waals surface area contributed by atoms with E-state index in [1.54, 1.807) is 0 Å². The molecule has 1 aromatic rings. The van der Waals surface area contributed by atoms with Gasteiger partial charge in [0.05, 0.1) is 11.9 Å². The van der Waals surface area contributed by atoms with Crippen LogP contribution in [0, 0.1) is 0 Å². The molecular weight excluding hydrogens is 176 g/mol. The normalized spacial score (nSPS) is 12.0. The van der Waals surface area contributed by atoms with Crippen molar-refractivity contribution in [2.24, 2.45) is 5.73 Å². The molecule has 1 rings (SSSR count). The van der Waals surface area contributed by atoms with Crippen molar-refractivity contribution in [3.63, 3.8) is 0 Å². The van der Waals surface area contributed by atoms with Crippen molar-refractivity contribution in [3.05, 3.63) is 11.9 Å². The summed E-state index contributed by atoms with van der Waals surface area (Å²) >= 11 is 0. The zero-order chi connectivity index (χ0) is 10.6. The highest BCUT2D eigenvalue weighted by molar-refractivity contribution is 5.09. The Bertz CT molecular complexity index is 277. The summed E-state index contributed by atoms with van der Waals surface area (Å²) in [7, 11) is 0. The number of hydrogen-bond donors (Lipinski definition) is 1. The molecule has 1 aromatic heterocycles. The Hall–Kier alpha value is -0.900. The smallest absolute Gasteiger partial charge is 0.0730 e. The predicted octanol–water partition coefficient (Wildman–Crippen LogP) is 1.31. The molecule has 0 amide bonds. The summed E-state index contributed by atoms with van der Waals surface area (Å²) in [6.07, 6.45) is 3.89. The monoisotopic (exact) mass is 196 g/mol. The number of rotatable bonds is 5. The van der Waals surface area contributed by atoms with Gasteiger partial charge in [0.15, 0.2) is 0 Å². The molecule has 0 spiro atoms. The van der Waals surface area contributed by atoms with E-state index in [0.717, 1.165) is 19.4 Å². The molecule has 1 heterocycles.